The number of hydrogen-bond donors (Lipinski definition) is 1. The Morgan fingerprint density at radius 3 is 2.74 bits per heavy atom. The summed E-state index contributed by atoms with van der Waals surface area (Å²) in [6.07, 6.45) is 2.40. The lowest BCUT2D eigenvalue weighted by Crippen LogP contribution is -2.00. The van der Waals surface area contributed by atoms with Crippen LogP contribution < -0.4 is 0 Å². The quantitative estimate of drug-likeness (QED) is 0.921. The number of aryl methyl sites for hydroxylation is 1. The molecule has 0 unspecified atom stereocenters. The van der Waals surface area contributed by atoms with Gasteiger partial charge >= 0.3 is 5.97 Å². The smallest absolute Gasteiger partial charge is 0.335 e. The Morgan fingerprint density at radius 1 is 1.37 bits per heavy atom. The maximum atomic E-state index is 11.1. The van der Waals surface area contributed by atoms with Gasteiger partial charge in [-0.2, -0.15) is 0 Å². The number of rotatable bonds is 4. The van der Waals surface area contributed by atoms with Crippen LogP contribution in [0, 0.1) is 0 Å². The molecule has 0 aliphatic heterocycles. The molecule has 0 aliphatic carbocycles. The molecular formula is C13H11BrN2O2S. The average Bonchev–Trinajstić information content (AvgIpc) is 2.41. The summed E-state index contributed by atoms with van der Waals surface area (Å²) in [6, 6.07) is 6.91. The molecule has 2 aromatic heterocycles. The molecule has 0 atom stereocenters. The van der Waals surface area contributed by atoms with Gasteiger partial charge in [-0.3, -0.25) is 0 Å². The number of aromatic nitrogens is 2. The molecule has 0 spiro atoms. The first kappa shape index (κ1) is 14.0. The van der Waals surface area contributed by atoms with Gasteiger partial charge in [-0.1, -0.05) is 18.7 Å². The van der Waals surface area contributed by atoms with Gasteiger partial charge in [0.1, 0.15) is 10.1 Å². The lowest BCUT2D eigenvalue weighted by molar-refractivity contribution is 0.0696. The second-order valence-corrected chi connectivity index (χ2v) is 5.72. The zero-order valence-corrected chi connectivity index (χ0v) is 12.5. The largest absolute Gasteiger partial charge is 0.478 e. The van der Waals surface area contributed by atoms with E-state index in [0.29, 0.717) is 11.4 Å². The Morgan fingerprint density at radius 2 is 2.16 bits per heavy atom. The molecule has 0 amide bonds. The standard InChI is InChI=1S/C13H11BrN2O2S/c1-2-10-5-8(13(17)18)6-12(16-10)19-11-4-3-9(14)7-15-11/h3-7H,2H2,1H3,(H,17,18). The van der Waals surface area contributed by atoms with Gasteiger partial charge in [0, 0.05) is 16.4 Å². The van der Waals surface area contributed by atoms with E-state index >= 15 is 0 Å². The van der Waals surface area contributed by atoms with Crippen LogP contribution in [0.25, 0.3) is 0 Å². The van der Waals surface area contributed by atoms with Crippen molar-refractivity contribution in [3.05, 3.63) is 46.2 Å². The molecule has 0 saturated carbocycles. The fraction of sp³-hybridized carbons (Fsp3) is 0.154. The van der Waals surface area contributed by atoms with Crippen molar-refractivity contribution in [3.8, 4) is 0 Å². The minimum absolute atomic E-state index is 0.256. The van der Waals surface area contributed by atoms with Crippen LogP contribution in [0.2, 0.25) is 0 Å². The van der Waals surface area contributed by atoms with Gasteiger partial charge in [0.05, 0.1) is 5.56 Å². The Kier molecular flexibility index (Phi) is 4.55. The highest BCUT2D eigenvalue weighted by molar-refractivity contribution is 9.10. The monoisotopic (exact) mass is 338 g/mol. The van der Waals surface area contributed by atoms with Crippen LogP contribution >= 0.6 is 27.7 Å². The van der Waals surface area contributed by atoms with Gasteiger partial charge in [-0.15, -0.1) is 0 Å². The third-order valence-electron chi connectivity index (χ3n) is 2.37. The van der Waals surface area contributed by atoms with Crippen molar-refractivity contribution in [3.63, 3.8) is 0 Å². The highest BCUT2D eigenvalue weighted by Gasteiger charge is 2.09. The van der Waals surface area contributed by atoms with E-state index in [1.54, 1.807) is 18.3 Å². The van der Waals surface area contributed by atoms with Crippen molar-refractivity contribution in [2.75, 3.05) is 0 Å². The number of aromatic carboxylic acids is 1. The molecule has 0 aromatic carbocycles. The number of nitrogens with zero attached hydrogens (tertiary/aromatic N) is 2. The average molecular weight is 339 g/mol. The molecule has 0 fully saturated rings. The zero-order chi connectivity index (χ0) is 13.8. The van der Waals surface area contributed by atoms with E-state index in [0.717, 1.165) is 15.2 Å². The molecule has 0 aliphatic rings. The van der Waals surface area contributed by atoms with Crippen LogP contribution in [0.4, 0.5) is 0 Å². The number of carboxylic acids is 1. The molecule has 98 valence electrons. The summed E-state index contributed by atoms with van der Waals surface area (Å²) in [6.45, 7) is 1.94. The molecule has 19 heavy (non-hydrogen) atoms. The SMILES string of the molecule is CCc1cc(C(=O)O)cc(Sc2ccc(Br)cn2)n1. The van der Waals surface area contributed by atoms with E-state index in [9.17, 15) is 4.79 Å². The highest BCUT2D eigenvalue weighted by atomic mass is 79.9. The van der Waals surface area contributed by atoms with Crippen molar-refractivity contribution < 1.29 is 9.90 Å². The molecule has 2 aromatic rings. The minimum Gasteiger partial charge on any atom is -0.478 e. The number of pyridine rings is 2. The number of carboxylic acid groups (broad SMARTS) is 1. The van der Waals surface area contributed by atoms with Crippen molar-refractivity contribution in [1.82, 2.24) is 9.97 Å². The molecule has 2 heterocycles. The Bertz CT molecular complexity index is 602. The predicted molar refractivity (Wildman–Crippen MR) is 76.6 cm³/mol. The van der Waals surface area contributed by atoms with Crippen LogP contribution in [-0.2, 0) is 6.42 Å². The van der Waals surface area contributed by atoms with E-state index in [-0.39, 0.29) is 5.56 Å². The van der Waals surface area contributed by atoms with Crippen LogP contribution in [0.5, 0.6) is 0 Å². The van der Waals surface area contributed by atoms with Gasteiger partial charge in [-0.25, -0.2) is 14.8 Å². The molecule has 2 rings (SSSR count). The van der Waals surface area contributed by atoms with E-state index < -0.39 is 5.97 Å². The predicted octanol–water partition coefficient (Wildman–Crippen LogP) is 3.65. The van der Waals surface area contributed by atoms with Crippen LogP contribution in [-0.4, -0.2) is 21.0 Å². The van der Waals surface area contributed by atoms with Gasteiger partial charge in [-0.05, 0) is 46.6 Å². The van der Waals surface area contributed by atoms with Gasteiger partial charge < -0.3 is 5.11 Å². The summed E-state index contributed by atoms with van der Waals surface area (Å²) in [5.41, 5.74) is 1.02. The second-order valence-electron chi connectivity index (χ2n) is 3.76. The first-order chi connectivity index (χ1) is 9.08. The maximum absolute atomic E-state index is 11.1. The first-order valence-electron chi connectivity index (χ1n) is 5.62. The highest BCUT2D eigenvalue weighted by Crippen LogP contribution is 2.26. The van der Waals surface area contributed by atoms with Gasteiger partial charge in [0.15, 0.2) is 0 Å². The number of halogens is 1. The lowest BCUT2D eigenvalue weighted by atomic mass is 10.2. The number of hydrogen-bond acceptors (Lipinski definition) is 4. The van der Waals surface area contributed by atoms with Crippen molar-refractivity contribution in [1.29, 1.82) is 0 Å². The molecule has 4 nitrogen and oxygen atoms in total. The summed E-state index contributed by atoms with van der Waals surface area (Å²) in [4.78, 5) is 19.7. The van der Waals surface area contributed by atoms with Crippen LogP contribution in [0.3, 0.4) is 0 Å². The molecule has 1 N–H and O–H groups in total. The van der Waals surface area contributed by atoms with Crippen molar-refractivity contribution in [2.24, 2.45) is 0 Å². The van der Waals surface area contributed by atoms with Crippen LogP contribution in [0.15, 0.2) is 45.0 Å². The summed E-state index contributed by atoms with van der Waals surface area (Å²) in [5, 5.41) is 10.5. The number of carbonyl (C=O) groups is 1. The molecule has 6 heteroatoms. The lowest BCUT2D eigenvalue weighted by Gasteiger charge is -2.05. The second kappa shape index (κ2) is 6.16. The zero-order valence-electron chi connectivity index (χ0n) is 10.1. The molecule has 0 saturated heterocycles. The summed E-state index contributed by atoms with van der Waals surface area (Å²) in [5.74, 6) is -0.942. The van der Waals surface area contributed by atoms with Gasteiger partial charge in [0.2, 0.25) is 0 Å². The van der Waals surface area contributed by atoms with E-state index in [1.165, 1.54) is 11.8 Å². The maximum Gasteiger partial charge on any atom is 0.335 e. The Labute approximate surface area is 123 Å². The van der Waals surface area contributed by atoms with E-state index in [2.05, 4.69) is 25.9 Å². The third-order valence-corrected chi connectivity index (χ3v) is 3.71. The van der Waals surface area contributed by atoms with E-state index in [4.69, 9.17) is 5.11 Å². The summed E-state index contributed by atoms with van der Waals surface area (Å²) >= 11 is 4.67. The molecule has 0 bridgehead atoms. The fourth-order valence-corrected chi connectivity index (χ4v) is 2.49. The Balaban J connectivity index is 2.31. The fourth-order valence-electron chi connectivity index (χ4n) is 1.45. The van der Waals surface area contributed by atoms with Gasteiger partial charge in [0.25, 0.3) is 0 Å². The van der Waals surface area contributed by atoms with Crippen molar-refractivity contribution in [2.45, 2.75) is 23.4 Å². The third kappa shape index (κ3) is 3.78. The molecular weight excluding hydrogens is 328 g/mol. The topological polar surface area (TPSA) is 63.1 Å². The Hall–Kier alpha value is -1.40. The normalized spacial score (nSPS) is 10.4. The van der Waals surface area contributed by atoms with Crippen LogP contribution in [0.1, 0.15) is 23.0 Å². The van der Waals surface area contributed by atoms with Crippen molar-refractivity contribution >= 4 is 33.7 Å². The van der Waals surface area contributed by atoms with E-state index in [1.807, 2.05) is 19.1 Å². The summed E-state index contributed by atoms with van der Waals surface area (Å²) in [7, 11) is 0. The summed E-state index contributed by atoms with van der Waals surface area (Å²) < 4.78 is 0.901. The first-order valence-corrected chi connectivity index (χ1v) is 7.23. The minimum atomic E-state index is -0.942. The molecule has 0 radical (unpaired) electrons.